The van der Waals surface area contributed by atoms with Crippen molar-refractivity contribution in [3.63, 3.8) is 0 Å². The van der Waals surface area contributed by atoms with Crippen LogP contribution in [0.1, 0.15) is 9.67 Å². The molecular weight excluding hydrogens is 320 g/mol. The molecule has 1 heterocycles. The second-order valence-corrected chi connectivity index (χ2v) is 5.44. The summed E-state index contributed by atoms with van der Waals surface area (Å²) in [7, 11) is 1.67. The van der Waals surface area contributed by atoms with Crippen molar-refractivity contribution in [3.05, 3.63) is 46.7 Å². The molecule has 4 nitrogen and oxygen atoms in total. The molecule has 2 rings (SSSR count). The van der Waals surface area contributed by atoms with Gasteiger partial charge in [-0.15, -0.1) is 23.7 Å². The maximum Gasteiger partial charge on any atom is 0.262 e. The van der Waals surface area contributed by atoms with Crippen molar-refractivity contribution >= 4 is 29.7 Å². The van der Waals surface area contributed by atoms with Gasteiger partial charge in [0, 0.05) is 32.3 Å². The first-order valence-corrected chi connectivity index (χ1v) is 7.81. The van der Waals surface area contributed by atoms with Gasteiger partial charge in [0.1, 0.15) is 0 Å². The largest absolute Gasteiger partial charge is 0.383 e. The van der Waals surface area contributed by atoms with Crippen LogP contribution >= 0.6 is 23.7 Å². The highest BCUT2D eigenvalue weighted by atomic mass is 35.5. The number of methoxy groups -OCH3 is 1. The number of thiophene rings is 1. The Balaban J connectivity index is 0.00000242. The lowest BCUT2D eigenvalue weighted by atomic mass is 10.1. The van der Waals surface area contributed by atoms with Crippen LogP contribution in [0.2, 0.25) is 0 Å². The van der Waals surface area contributed by atoms with Crippen molar-refractivity contribution in [2.45, 2.75) is 0 Å². The molecule has 2 N–H and O–H groups in total. The van der Waals surface area contributed by atoms with E-state index < -0.39 is 0 Å². The molecule has 0 bridgehead atoms. The van der Waals surface area contributed by atoms with E-state index in [0.717, 1.165) is 29.1 Å². The standard InChI is InChI=1S/C16H20N2O2S.ClH/c1-20-11-10-17-8-9-18-16(19)15-14(7-12-21-15)13-5-3-2-4-6-13;/h2-7,12,17H,8-11H2,1H3,(H,18,19);1H. The van der Waals surface area contributed by atoms with Gasteiger partial charge in [0.05, 0.1) is 11.5 Å². The first-order chi connectivity index (χ1) is 10.3. The zero-order chi connectivity index (χ0) is 14.9. The van der Waals surface area contributed by atoms with Crippen molar-refractivity contribution in [2.75, 3.05) is 33.4 Å². The van der Waals surface area contributed by atoms with Crippen LogP contribution in [-0.2, 0) is 4.74 Å². The molecule has 120 valence electrons. The fourth-order valence-electron chi connectivity index (χ4n) is 1.97. The summed E-state index contributed by atoms with van der Waals surface area (Å²) in [5, 5.41) is 8.09. The lowest BCUT2D eigenvalue weighted by Gasteiger charge is -2.07. The van der Waals surface area contributed by atoms with Gasteiger partial charge < -0.3 is 15.4 Å². The Morgan fingerprint density at radius 1 is 1.14 bits per heavy atom. The van der Waals surface area contributed by atoms with Gasteiger partial charge in [-0.1, -0.05) is 30.3 Å². The van der Waals surface area contributed by atoms with Gasteiger partial charge in [0.2, 0.25) is 0 Å². The molecule has 1 amide bonds. The van der Waals surface area contributed by atoms with Gasteiger partial charge in [0.25, 0.3) is 5.91 Å². The molecule has 6 heteroatoms. The number of benzene rings is 1. The third kappa shape index (κ3) is 5.42. The molecule has 0 atom stereocenters. The van der Waals surface area contributed by atoms with Gasteiger partial charge in [-0.3, -0.25) is 4.79 Å². The number of hydrogen-bond acceptors (Lipinski definition) is 4. The molecule has 0 aliphatic carbocycles. The molecule has 0 saturated heterocycles. The van der Waals surface area contributed by atoms with E-state index in [1.807, 2.05) is 41.8 Å². The van der Waals surface area contributed by atoms with E-state index >= 15 is 0 Å². The van der Waals surface area contributed by atoms with Gasteiger partial charge in [-0.05, 0) is 17.0 Å². The molecule has 22 heavy (non-hydrogen) atoms. The van der Waals surface area contributed by atoms with Crippen LogP contribution in [0.15, 0.2) is 41.8 Å². The van der Waals surface area contributed by atoms with E-state index in [2.05, 4.69) is 10.6 Å². The van der Waals surface area contributed by atoms with Crippen LogP contribution < -0.4 is 10.6 Å². The van der Waals surface area contributed by atoms with E-state index in [-0.39, 0.29) is 18.3 Å². The number of hydrogen-bond donors (Lipinski definition) is 2. The number of rotatable bonds is 8. The number of halogens is 1. The zero-order valence-corrected chi connectivity index (χ0v) is 14.1. The quantitative estimate of drug-likeness (QED) is 0.726. The Morgan fingerprint density at radius 2 is 1.91 bits per heavy atom. The summed E-state index contributed by atoms with van der Waals surface area (Å²) >= 11 is 1.47. The highest BCUT2D eigenvalue weighted by Crippen LogP contribution is 2.27. The maximum atomic E-state index is 12.2. The van der Waals surface area contributed by atoms with E-state index in [9.17, 15) is 4.79 Å². The number of carbonyl (C=O) groups excluding carboxylic acids is 1. The number of ether oxygens (including phenoxy) is 1. The van der Waals surface area contributed by atoms with Crippen LogP contribution in [-0.4, -0.2) is 39.3 Å². The minimum atomic E-state index is -0.0163. The van der Waals surface area contributed by atoms with Crippen LogP contribution in [0, 0.1) is 0 Å². The zero-order valence-electron chi connectivity index (χ0n) is 12.5. The smallest absolute Gasteiger partial charge is 0.262 e. The fraction of sp³-hybridized carbons (Fsp3) is 0.312. The van der Waals surface area contributed by atoms with Gasteiger partial charge in [-0.2, -0.15) is 0 Å². The minimum absolute atomic E-state index is 0. The molecule has 2 aromatic rings. The first-order valence-electron chi connectivity index (χ1n) is 6.93. The predicted molar refractivity (Wildman–Crippen MR) is 94.1 cm³/mol. The normalized spacial score (nSPS) is 10.0. The Kier molecular flexibility index (Phi) is 8.77. The first kappa shape index (κ1) is 18.6. The third-order valence-electron chi connectivity index (χ3n) is 3.03. The summed E-state index contributed by atoms with van der Waals surface area (Å²) in [6, 6.07) is 12.0. The number of amides is 1. The second kappa shape index (κ2) is 10.3. The average Bonchev–Trinajstić information content (AvgIpc) is 3.01. The minimum Gasteiger partial charge on any atom is -0.383 e. The Hall–Kier alpha value is -1.40. The average molecular weight is 341 g/mol. The summed E-state index contributed by atoms with van der Waals surface area (Å²) in [6.45, 7) is 2.81. The highest BCUT2D eigenvalue weighted by Gasteiger charge is 2.13. The van der Waals surface area contributed by atoms with E-state index in [0.29, 0.717) is 13.2 Å². The highest BCUT2D eigenvalue weighted by molar-refractivity contribution is 7.12. The molecule has 0 aliphatic rings. The van der Waals surface area contributed by atoms with Gasteiger partial charge in [0.15, 0.2) is 0 Å². The Labute approximate surface area is 141 Å². The van der Waals surface area contributed by atoms with Crippen molar-refractivity contribution in [3.8, 4) is 11.1 Å². The van der Waals surface area contributed by atoms with Crippen LogP contribution in [0.5, 0.6) is 0 Å². The van der Waals surface area contributed by atoms with Crippen LogP contribution in [0.4, 0.5) is 0 Å². The molecular formula is C16H21ClN2O2S. The van der Waals surface area contributed by atoms with E-state index in [1.165, 1.54) is 11.3 Å². The molecule has 0 spiro atoms. The van der Waals surface area contributed by atoms with Crippen molar-refractivity contribution in [2.24, 2.45) is 0 Å². The van der Waals surface area contributed by atoms with Crippen LogP contribution in [0.25, 0.3) is 11.1 Å². The van der Waals surface area contributed by atoms with Crippen molar-refractivity contribution in [1.29, 1.82) is 0 Å². The second-order valence-electron chi connectivity index (χ2n) is 4.53. The molecule has 0 aliphatic heterocycles. The SMILES string of the molecule is COCCNCCNC(=O)c1sccc1-c1ccccc1.Cl. The lowest BCUT2D eigenvalue weighted by molar-refractivity contribution is 0.0958. The molecule has 0 saturated carbocycles. The maximum absolute atomic E-state index is 12.2. The van der Waals surface area contributed by atoms with Crippen LogP contribution in [0.3, 0.4) is 0 Å². The van der Waals surface area contributed by atoms with Gasteiger partial charge >= 0.3 is 0 Å². The Bertz CT molecular complexity index is 560. The fourth-order valence-corrected chi connectivity index (χ4v) is 2.81. The molecule has 1 aromatic carbocycles. The van der Waals surface area contributed by atoms with Crippen molar-refractivity contribution in [1.82, 2.24) is 10.6 Å². The summed E-state index contributed by atoms with van der Waals surface area (Å²) in [5.41, 5.74) is 2.06. The summed E-state index contributed by atoms with van der Waals surface area (Å²) in [6.07, 6.45) is 0. The summed E-state index contributed by atoms with van der Waals surface area (Å²) in [4.78, 5) is 13.0. The summed E-state index contributed by atoms with van der Waals surface area (Å²) in [5.74, 6) is -0.0163. The third-order valence-corrected chi connectivity index (χ3v) is 3.94. The molecule has 0 radical (unpaired) electrons. The predicted octanol–water partition coefficient (Wildman–Crippen LogP) is 2.80. The topological polar surface area (TPSA) is 50.4 Å². The van der Waals surface area contributed by atoms with Crippen molar-refractivity contribution < 1.29 is 9.53 Å². The summed E-state index contributed by atoms with van der Waals surface area (Å²) < 4.78 is 4.94. The lowest BCUT2D eigenvalue weighted by Crippen LogP contribution is -2.32. The monoisotopic (exact) mass is 340 g/mol. The van der Waals surface area contributed by atoms with Gasteiger partial charge in [-0.25, -0.2) is 0 Å². The Morgan fingerprint density at radius 3 is 2.64 bits per heavy atom. The molecule has 0 unspecified atom stereocenters. The van der Waals surface area contributed by atoms with E-state index in [4.69, 9.17) is 4.74 Å². The number of carbonyl (C=O) groups is 1. The molecule has 0 fully saturated rings. The van der Waals surface area contributed by atoms with E-state index in [1.54, 1.807) is 7.11 Å². The molecule has 1 aromatic heterocycles. The number of nitrogens with one attached hydrogen (secondary N) is 2.